The predicted octanol–water partition coefficient (Wildman–Crippen LogP) is 0.0183. The maximum absolute atomic E-state index is 11.4. The van der Waals surface area contributed by atoms with E-state index in [0.717, 1.165) is 19.1 Å². The van der Waals surface area contributed by atoms with Crippen molar-refractivity contribution in [2.24, 2.45) is 0 Å². The molecule has 0 saturated heterocycles. The lowest BCUT2D eigenvalue weighted by molar-refractivity contribution is -0.108. The Kier molecular flexibility index (Phi) is 2.94. The number of carbonyl (C=O) groups is 1. The summed E-state index contributed by atoms with van der Waals surface area (Å²) in [6, 6.07) is 0.280. The van der Waals surface area contributed by atoms with Gasteiger partial charge < -0.3 is 20.6 Å². The number of nitrogens with two attached hydrogens (primary N) is 1. The van der Waals surface area contributed by atoms with Gasteiger partial charge in [-0.2, -0.15) is 9.97 Å². The molecule has 1 aromatic rings. The third kappa shape index (κ3) is 1.89. The molecule has 102 valence electrons. The molecule has 0 spiro atoms. The van der Waals surface area contributed by atoms with Gasteiger partial charge in [0.25, 0.3) is 0 Å². The molecule has 1 fully saturated rings. The molecule has 19 heavy (non-hydrogen) atoms. The molecular formula is C11H14ClN5O2. The lowest BCUT2D eigenvalue weighted by Gasteiger charge is -2.27. The maximum atomic E-state index is 11.4. The molecule has 1 aliphatic carbocycles. The summed E-state index contributed by atoms with van der Waals surface area (Å²) in [5.41, 5.74) is 6.25. The molecule has 1 aromatic heterocycles. The highest BCUT2D eigenvalue weighted by Gasteiger charge is 2.45. The standard InChI is InChI=1S/C11H14ClN5O2/c12-9-8-10(15-11(13)14-9)16(3-4-18)7(5-19)17(8)6-1-2-6/h5-7,18H,1-4H2,(H2,13,14,15). The number of hydrogen-bond acceptors (Lipinski definition) is 7. The van der Waals surface area contributed by atoms with Crippen molar-refractivity contribution < 1.29 is 9.90 Å². The molecule has 3 rings (SSSR count). The van der Waals surface area contributed by atoms with Gasteiger partial charge in [0.1, 0.15) is 5.69 Å². The fourth-order valence-electron chi connectivity index (χ4n) is 2.50. The van der Waals surface area contributed by atoms with Crippen molar-refractivity contribution in [1.29, 1.82) is 0 Å². The average molecular weight is 284 g/mol. The Bertz CT molecular complexity index is 522. The number of fused-ring (bicyclic) bond motifs is 1. The fraction of sp³-hybridized carbons (Fsp3) is 0.545. The second-order valence-corrected chi connectivity index (χ2v) is 5.01. The minimum atomic E-state index is -0.497. The van der Waals surface area contributed by atoms with Crippen LogP contribution in [0.4, 0.5) is 17.5 Å². The van der Waals surface area contributed by atoms with E-state index in [0.29, 0.717) is 18.1 Å². The molecule has 2 aliphatic rings. The number of aliphatic hydroxyl groups is 1. The van der Waals surface area contributed by atoms with Crippen LogP contribution < -0.4 is 15.5 Å². The van der Waals surface area contributed by atoms with Gasteiger partial charge in [-0.15, -0.1) is 0 Å². The summed E-state index contributed by atoms with van der Waals surface area (Å²) in [5, 5.41) is 9.41. The van der Waals surface area contributed by atoms with Gasteiger partial charge in [0.2, 0.25) is 5.95 Å². The molecule has 2 heterocycles. The topological polar surface area (TPSA) is 95.6 Å². The van der Waals surface area contributed by atoms with Crippen molar-refractivity contribution in [2.75, 3.05) is 28.7 Å². The molecule has 0 bridgehead atoms. The normalized spacial score (nSPS) is 21.7. The second kappa shape index (κ2) is 4.50. The highest BCUT2D eigenvalue weighted by molar-refractivity contribution is 6.33. The van der Waals surface area contributed by atoms with Gasteiger partial charge in [0.15, 0.2) is 23.4 Å². The first kappa shape index (κ1) is 12.4. The first-order chi connectivity index (χ1) is 9.17. The smallest absolute Gasteiger partial charge is 0.223 e. The van der Waals surface area contributed by atoms with E-state index in [1.807, 2.05) is 4.90 Å². The number of aldehydes is 1. The number of hydrogen-bond donors (Lipinski definition) is 2. The van der Waals surface area contributed by atoms with Gasteiger partial charge in [-0.25, -0.2) is 0 Å². The molecule has 8 heteroatoms. The van der Waals surface area contributed by atoms with Crippen LogP contribution in [0.3, 0.4) is 0 Å². The lowest BCUT2D eigenvalue weighted by Crippen LogP contribution is -2.46. The molecule has 0 aromatic carbocycles. The summed E-state index contributed by atoms with van der Waals surface area (Å²) in [4.78, 5) is 23.2. The third-order valence-corrected chi connectivity index (χ3v) is 3.64. The zero-order chi connectivity index (χ0) is 13.6. The zero-order valence-corrected chi connectivity index (χ0v) is 10.9. The van der Waals surface area contributed by atoms with Crippen molar-refractivity contribution in [3.63, 3.8) is 0 Å². The highest BCUT2D eigenvalue weighted by atomic mass is 35.5. The Labute approximate surface area is 115 Å². The SMILES string of the molecule is Nc1nc(Cl)c2c(n1)N(CCO)C(C=O)N2C1CC1. The van der Waals surface area contributed by atoms with E-state index >= 15 is 0 Å². The summed E-state index contributed by atoms with van der Waals surface area (Å²) in [6.45, 7) is 0.218. The van der Waals surface area contributed by atoms with Crippen LogP contribution in [0, 0.1) is 0 Å². The molecule has 1 atom stereocenters. The average Bonchev–Trinajstić information content (AvgIpc) is 3.15. The molecule has 1 saturated carbocycles. The van der Waals surface area contributed by atoms with E-state index < -0.39 is 6.17 Å². The van der Waals surface area contributed by atoms with Crippen molar-refractivity contribution >= 4 is 35.3 Å². The Morgan fingerprint density at radius 1 is 1.47 bits per heavy atom. The second-order valence-electron chi connectivity index (χ2n) is 4.65. The fourth-order valence-corrected chi connectivity index (χ4v) is 2.77. The number of rotatable bonds is 4. The number of β-amino-alcohol motifs (C(OH)–C–C–N with tert-alkyl or cyclic N) is 1. The van der Waals surface area contributed by atoms with Crippen LogP contribution in [0.15, 0.2) is 0 Å². The number of halogens is 1. The quantitative estimate of drug-likeness (QED) is 0.594. The van der Waals surface area contributed by atoms with Crippen molar-refractivity contribution in [3.05, 3.63) is 5.15 Å². The Morgan fingerprint density at radius 2 is 2.21 bits per heavy atom. The van der Waals surface area contributed by atoms with Gasteiger partial charge in [-0.05, 0) is 12.8 Å². The Hall–Kier alpha value is -1.60. The van der Waals surface area contributed by atoms with Crippen LogP contribution in [-0.4, -0.2) is 46.7 Å². The summed E-state index contributed by atoms with van der Waals surface area (Å²) in [5.74, 6) is 0.588. The van der Waals surface area contributed by atoms with Crippen molar-refractivity contribution in [2.45, 2.75) is 25.0 Å². The lowest BCUT2D eigenvalue weighted by atomic mass is 10.4. The largest absolute Gasteiger partial charge is 0.395 e. The number of nitrogens with zero attached hydrogens (tertiary/aromatic N) is 4. The zero-order valence-electron chi connectivity index (χ0n) is 10.2. The van der Waals surface area contributed by atoms with Gasteiger partial charge in [0.05, 0.1) is 6.61 Å². The minimum Gasteiger partial charge on any atom is -0.395 e. The maximum Gasteiger partial charge on any atom is 0.223 e. The van der Waals surface area contributed by atoms with Gasteiger partial charge in [0, 0.05) is 12.6 Å². The molecule has 3 N–H and O–H groups in total. The predicted molar refractivity (Wildman–Crippen MR) is 71.2 cm³/mol. The number of anilines is 3. The van der Waals surface area contributed by atoms with Gasteiger partial charge >= 0.3 is 0 Å². The van der Waals surface area contributed by atoms with Crippen LogP contribution in [-0.2, 0) is 4.79 Å². The van der Waals surface area contributed by atoms with E-state index in [4.69, 9.17) is 22.4 Å². The molecule has 0 radical (unpaired) electrons. The van der Waals surface area contributed by atoms with Crippen LogP contribution in [0.1, 0.15) is 12.8 Å². The van der Waals surface area contributed by atoms with E-state index in [1.54, 1.807) is 4.90 Å². The first-order valence-electron chi connectivity index (χ1n) is 6.11. The summed E-state index contributed by atoms with van der Waals surface area (Å²) in [7, 11) is 0. The van der Waals surface area contributed by atoms with Crippen LogP contribution >= 0.6 is 11.6 Å². The number of aliphatic hydroxyl groups excluding tert-OH is 1. The molecule has 1 unspecified atom stereocenters. The van der Waals surface area contributed by atoms with E-state index in [1.165, 1.54) is 0 Å². The van der Waals surface area contributed by atoms with Crippen LogP contribution in [0.5, 0.6) is 0 Å². The molecule has 1 aliphatic heterocycles. The van der Waals surface area contributed by atoms with Crippen LogP contribution in [0.25, 0.3) is 0 Å². The highest BCUT2D eigenvalue weighted by Crippen LogP contribution is 2.47. The molecule has 0 amide bonds. The van der Waals surface area contributed by atoms with Gasteiger partial charge in [-0.3, -0.25) is 4.79 Å². The van der Waals surface area contributed by atoms with E-state index in [9.17, 15) is 4.79 Å². The summed E-state index contributed by atoms with van der Waals surface area (Å²) < 4.78 is 0. The summed E-state index contributed by atoms with van der Waals surface area (Å²) in [6.07, 6.45) is 2.36. The number of aromatic nitrogens is 2. The minimum absolute atomic E-state index is 0.0639. The Balaban J connectivity index is 2.12. The van der Waals surface area contributed by atoms with Crippen LogP contribution in [0.2, 0.25) is 5.15 Å². The summed E-state index contributed by atoms with van der Waals surface area (Å²) >= 11 is 6.15. The monoisotopic (exact) mass is 283 g/mol. The van der Waals surface area contributed by atoms with E-state index in [-0.39, 0.29) is 23.8 Å². The van der Waals surface area contributed by atoms with Gasteiger partial charge in [-0.1, -0.05) is 11.6 Å². The Morgan fingerprint density at radius 3 is 2.79 bits per heavy atom. The number of nitrogen functional groups attached to an aromatic ring is 1. The molecule has 7 nitrogen and oxygen atoms in total. The van der Waals surface area contributed by atoms with Crippen molar-refractivity contribution in [3.8, 4) is 0 Å². The first-order valence-corrected chi connectivity index (χ1v) is 6.49. The van der Waals surface area contributed by atoms with E-state index in [2.05, 4.69) is 9.97 Å². The molecular weight excluding hydrogens is 270 g/mol. The van der Waals surface area contributed by atoms with Crippen molar-refractivity contribution in [1.82, 2.24) is 9.97 Å². The third-order valence-electron chi connectivity index (χ3n) is 3.38. The number of carbonyl (C=O) groups excluding carboxylic acids is 1.